The predicted molar refractivity (Wildman–Crippen MR) is 162 cm³/mol. The zero-order valence-electron chi connectivity index (χ0n) is 23.4. The van der Waals surface area contributed by atoms with Crippen LogP contribution in [0.25, 0.3) is 16.7 Å². The molecule has 5 rings (SSSR count). The van der Waals surface area contributed by atoms with Crippen molar-refractivity contribution in [1.29, 1.82) is 0 Å². The number of aliphatic hydroxyl groups is 1. The van der Waals surface area contributed by atoms with Crippen LogP contribution in [0.4, 0.5) is 10.1 Å². The molecule has 2 N–H and O–H groups in total. The van der Waals surface area contributed by atoms with E-state index >= 15 is 0 Å². The summed E-state index contributed by atoms with van der Waals surface area (Å²) in [7, 11) is 1.77. The van der Waals surface area contributed by atoms with E-state index in [0.717, 1.165) is 50.4 Å². The lowest BCUT2D eigenvalue weighted by Crippen LogP contribution is -2.32. The molecular formula is C34H34ClFNO3+. The molecule has 1 heterocycles. The molecule has 0 atom stereocenters. The summed E-state index contributed by atoms with van der Waals surface area (Å²) >= 11 is 6.31. The number of allylic oxidation sites excluding steroid dienone is 1. The van der Waals surface area contributed by atoms with Gasteiger partial charge in [-0.25, -0.2) is 4.39 Å². The Bertz CT molecular complexity index is 1590. The zero-order valence-corrected chi connectivity index (χ0v) is 24.2. The van der Waals surface area contributed by atoms with Crippen LogP contribution in [0.1, 0.15) is 43.0 Å². The van der Waals surface area contributed by atoms with E-state index in [-0.39, 0.29) is 18.0 Å². The summed E-state index contributed by atoms with van der Waals surface area (Å²) in [5.41, 5.74) is 7.87. The summed E-state index contributed by atoms with van der Waals surface area (Å²) < 4.78 is 31.0. The average molecular weight is 559 g/mol. The molecule has 6 heteroatoms. The van der Waals surface area contributed by atoms with Crippen molar-refractivity contribution in [2.75, 3.05) is 12.4 Å². The number of aromatic hydroxyl groups is 1. The summed E-state index contributed by atoms with van der Waals surface area (Å²) in [6, 6.07) is 22.4. The van der Waals surface area contributed by atoms with Crippen molar-refractivity contribution < 1.29 is 18.6 Å². The number of hydrogen-bond acceptors (Lipinski definition) is 3. The van der Waals surface area contributed by atoms with Crippen molar-refractivity contribution in [3.8, 4) is 28.4 Å². The monoisotopic (exact) mass is 558 g/mol. The van der Waals surface area contributed by atoms with Gasteiger partial charge in [0.1, 0.15) is 30.5 Å². The molecule has 4 aromatic rings. The molecule has 0 bridgehead atoms. The quantitative estimate of drug-likeness (QED) is 0.219. The van der Waals surface area contributed by atoms with Crippen LogP contribution in [0, 0.1) is 12.7 Å². The first kappa shape index (κ1) is 27.6. The van der Waals surface area contributed by atoms with Crippen LogP contribution in [0.15, 0.2) is 78.9 Å². The van der Waals surface area contributed by atoms with Crippen LogP contribution in [-0.4, -0.2) is 17.4 Å². The van der Waals surface area contributed by atoms with E-state index in [1.54, 1.807) is 13.2 Å². The number of rotatable bonds is 8. The third-order valence-electron chi connectivity index (χ3n) is 7.12. The predicted octanol–water partition coefficient (Wildman–Crippen LogP) is 9.09. The molecule has 0 unspecified atom stereocenters. The topological polar surface area (TPSA) is 43.3 Å². The molecule has 0 aliphatic carbocycles. The van der Waals surface area contributed by atoms with Crippen LogP contribution in [0.2, 0.25) is 5.02 Å². The number of benzene rings is 4. The molecule has 0 radical (unpaired) electrons. The molecule has 0 amide bonds. The Morgan fingerprint density at radius 1 is 0.900 bits per heavy atom. The third kappa shape index (κ3) is 5.80. The van der Waals surface area contributed by atoms with E-state index < -0.39 is 0 Å². The number of hydrogen-bond donors (Lipinski definition) is 1. The first-order valence-corrected chi connectivity index (χ1v) is 13.7. The Kier molecular flexibility index (Phi) is 7.77. The van der Waals surface area contributed by atoms with E-state index in [1.807, 2.05) is 49.4 Å². The molecule has 0 fully saturated rings. The maximum Gasteiger partial charge on any atom is 0.266 e. The second-order valence-electron chi connectivity index (χ2n) is 10.7. The van der Waals surface area contributed by atoms with Gasteiger partial charge in [0.25, 0.3) is 5.75 Å². The summed E-state index contributed by atoms with van der Waals surface area (Å²) in [4.78, 5) is 0. The molecule has 4 nitrogen and oxygen atoms in total. The molecule has 1 aliphatic rings. The van der Waals surface area contributed by atoms with E-state index in [2.05, 4.69) is 49.0 Å². The highest BCUT2D eigenvalue weighted by molar-refractivity contribution is 6.31. The molecule has 40 heavy (non-hydrogen) atoms. The molecule has 206 valence electrons. The van der Waals surface area contributed by atoms with Gasteiger partial charge in [-0.05, 0) is 74.7 Å². The average Bonchev–Trinajstić information content (AvgIpc) is 2.92. The van der Waals surface area contributed by atoms with Crippen molar-refractivity contribution in [3.05, 3.63) is 112 Å². The minimum atomic E-state index is -0.324. The minimum Gasteiger partial charge on any atom is -0.584 e. The van der Waals surface area contributed by atoms with Crippen molar-refractivity contribution in [2.45, 2.75) is 46.4 Å². The van der Waals surface area contributed by atoms with Gasteiger partial charge in [0, 0.05) is 33.5 Å². The number of ether oxygens (including phenoxy) is 3. The van der Waals surface area contributed by atoms with Gasteiger partial charge in [-0.15, -0.1) is 0 Å². The lowest BCUT2D eigenvalue weighted by molar-refractivity contribution is 0.136. The number of fused-ring (bicyclic) bond motifs is 1. The molecule has 0 aromatic heterocycles. The van der Waals surface area contributed by atoms with Crippen LogP contribution in [0.3, 0.4) is 0 Å². The second kappa shape index (κ2) is 11.3. The Balaban J connectivity index is 1.54. The van der Waals surface area contributed by atoms with Crippen LogP contribution in [0.5, 0.6) is 17.2 Å². The molecular weight excluding hydrogens is 525 g/mol. The normalized spacial score (nSPS) is 13.6. The second-order valence-corrected chi connectivity index (χ2v) is 11.1. The summed E-state index contributed by atoms with van der Waals surface area (Å²) in [6.45, 7) is 8.96. The van der Waals surface area contributed by atoms with Crippen LogP contribution < -0.4 is 14.8 Å². The van der Waals surface area contributed by atoms with Gasteiger partial charge in [-0.3, -0.25) is 0 Å². The summed E-state index contributed by atoms with van der Waals surface area (Å²) in [6.07, 6.45) is 2.23. The van der Waals surface area contributed by atoms with Gasteiger partial charge in [-0.1, -0.05) is 48.0 Å². The number of anilines is 1. The Labute approximate surface area is 240 Å². The van der Waals surface area contributed by atoms with Crippen molar-refractivity contribution in [3.63, 3.8) is 0 Å². The van der Waals surface area contributed by atoms with E-state index in [1.165, 1.54) is 12.1 Å². The van der Waals surface area contributed by atoms with Gasteiger partial charge in [0.05, 0.1) is 17.2 Å². The van der Waals surface area contributed by atoms with Crippen molar-refractivity contribution >= 4 is 22.9 Å². The summed E-state index contributed by atoms with van der Waals surface area (Å²) in [5.74, 6) is 1.70. The molecule has 1 aliphatic heterocycles. The standard InChI is InChI=1S/C34H33ClFNO3/c1-21-10-11-24(36)16-31(21)40-20-28-26(14-15-30-33(28)22(2)18-34(3,4)37-30)27-13-12-25(17-32(27)38-5)39-19-23-8-6-7-9-29(23)35/h6-18,37H,19-20H2,1-5H3/p+1. The van der Waals surface area contributed by atoms with Crippen LogP contribution >= 0.6 is 11.6 Å². The van der Waals surface area contributed by atoms with Gasteiger partial charge in [0.2, 0.25) is 0 Å². The van der Waals surface area contributed by atoms with Gasteiger partial charge in [-0.2, -0.15) is 0 Å². The molecule has 4 aromatic carbocycles. The van der Waals surface area contributed by atoms with E-state index in [4.69, 9.17) is 21.1 Å². The number of nitrogens with one attached hydrogen (secondary N) is 1. The zero-order chi connectivity index (χ0) is 28.4. The first-order valence-electron chi connectivity index (χ1n) is 13.3. The molecule has 0 saturated heterocycles. The number of halogens is 2. The lowest BCUT2D eigenvalue weighted by atomic mass is 9.85. The number of aryl methyl sites for hydroxylation is 1. The van der Waals surface area contributed by atoms with Gasteiger partial charge in [0.15, 0.2) is 7.11 Å². The first-order chi connectivity index (χ1) is 19.1. The highest BCUT2D eigenvalue weighted by Crippen LogP contribution is 2.44. The fraction of sp³-hybridized carbons (Fsp3) is 0.235. The van der Waals surface area contributed by atoms with Gasteiger partial charge >= 0.3 is 0 Å². The van der Waals surface area contributed by atoms with E-state index in [9.17, 15) is 4.39 Å². The van der Waals surface area contributed by atoms with Crippen molar-refractivity contribution in [2.24, 2.45) is 0 Å². The highest BCUT2D eigenvalue weighted by Gasteiger charge is 2.27. The Hall–Kier alpha value is -3.96. The fourth-order valence-electron chi connectivity index (χ4n) is 5.27. The Morgan fingerprint density at radius 2 is 1.68 bits per heavy atom. The highest BCUT2D eigenvalue weighted by atomic mass is 35.5. The molecule has 0 spiro atoms. The van der Waals surface area contributed by atoms with Gasteiger partial charge < -0.3 is 19.5 Å². The summed E-state index contributed by atoms with van der Waals surface area (Å²) in [5, 5.41) is 4.31. The largest absolute Gasteiger partial charge is 0.584 e. The third-order valence-corrected chi connectivity index (χ3v) is 7.48. The fourth-order valence-corrected chi connectivity index (χ4v) is 5.46. The minimum absolute atomic E-state index is 0.180. The van der Waals surface area contributed by atoms with E-state index in [0.29, 0.717) is 23.1 Å². The maximum atomic E-state index is 14.0. The van der Waals surface area contributed by atoms with Crippen molar-refractivity contribution in [1.82, 2.24) is 0 Å². The maximum absolute atomic E-state index is 14.0. The van der Waals surface area contributed by atoms with Crippen LogP contribution in [-0.2, 0) is 13.2 Å². The molecule has 0 saturated carbocycles. The SMILES string of the molecule is C[OH+]c1cc(OCc2ccccc2Cl)ccc1-c1ccc2c(c1COc1cc(F)ccc1C)C(C)=CC(C)(C)N2. The smallest absolute Gasteiger partial charge is 0.266 e. The Morgan fingerprint density at radius 3 is 2.45 bits per heavy atom. The lowest BCUT2D eigenvalue weighted by Gasteiger charge is -2.33.